The topological polar surface area (TPSA) is 191 Å². The molecule has 0 fully saturated rings. The van der Waals surface area contributed by atoms with Crippen molar-refractivity contribution in [3.8, 4) is 0 Å². The molecule has 0 unspecified atom stereocenters. The summed E-state index contributed by atoms with van der Waals surface area (Å²) in [4.78, 5) is 37.3. The molecule has 0 heterocycles. The summed E-state index contributed by atoms with van der Waals surface area (Å²) in [6.07, 6.45) is 0. The Labute approximate surface area is 90.8 Å². The smallest absolute Gasteiger partial charge is 0.790 e. The number of rotatable bonds is 3. The molecule has 0 atom stereocenters. The van der Waals surface area contributed by atoms with Crippen LogP contribution in [-0.4, -0.2) is 13.1 Å². The van der Waals surface area contributed by atoms with Crippen molar-refractivity contribution < 1.29 is 61.6 Å². The minimum Gasteiger partial charge on any atom is -0.790 e. The molecule has 0 aromatic heterocycles. The zero-order valence-corrected chi connectivity index (χ0v) is 9.61. The summed E-state index contributed by atoms with van der Waals surface area (Å²) in [5.74, 6) is 0. The van der Waals surface area contributed by atoms with Crippen molar-refractivity contribution in [1.82, 2.24) is 0 Å². The van der Waals surface area contributed by atoms with E-state index >= 15 is 0 Å². The first-order valence-corrected chi connectivity index (χ1v) is 5.88. The maximum absolute atomic E-state index is 9.32. The van der Waals surface area contributed by atoms with E-state index in [1.807, 2.05) is 0 Å². The average Bonchev–Trinajstić information content (AvgIpc) is 1.80. The summed E-state index contributed by atoms with van der Waals surface area (Å²) in [7, 11) is -11.4. The van der Waals surface area contributed by atoms with Gasteiger partial charge in [0.25, 0.3) is 0 Å². The quantitative estimate of drug-likeness (QED) is 0.382. The van der Waals surface area contributed by atoms with Crippen LogP contribution in [-0.2, 0) is 30.5 Å². The first-order chi connectivity index (χ1) is 5.62. The van der Waals surface area contributed by atoms with E-state index in [9.17, 15) is 28.7 Å². The molecular weight excluding hydrogens is 290 g/mol. The van der Waals surface area contributed by atoms with Crippen molar-refractivity contribution in [2.24, 2.45) is 0 Å². The van der Waals surface area contributed by atoms with Gasteiger partial charge in [-0.05, 0) is 0 Å². The summed E-state index contributed by atoms with van der Waals surface area (Å²) in [6.45, 7) is 1.92. The minimum absolute atomic E-state index is 0. The molecular formula is C2H10CuN2O7P2. The van der Waals surface area contributed by atoms with E-state index in [2.05, 4.69) is 15.8 Å². The number of hydrogen-bond acceptors (Lipinski definition) is 7. The molecule has 0 aliphatic rings. The Morgan fingerprint density at radius 3 is 1.14 bits per heavy atom. The molecule has 6 N–H and O–H groups in total. The zero-order valence-electron chi connectivity index (χ0n) is 6.88. The molecule has 0 saturated heterocycles. The second kappa shape index (κ2) is 8.96. The Morgan fingerprint density at radius 1 is 0.929 bits per heavy atom. The monoisotopic (exact) mass is 299 g/mol. The molecule has 14 heavy (non-hydrogen) atoms. The van der Waals surface area contributed by atoms with Gasteiger partial charge in [0, 0.05) is 0 Å². The molecule has 0 aromatic carbocycles. The fourth-order valence-electron chi connectivity index (χ4n) is 0.122. The third-order valence-electron chi connectivity index (χ3n) is 0.450. The molecule has 0 amide bonds. The number of phosphoric acid groups is 2. The molecule has 91 valence electrons. The van der Waals surface area contributed by atoms with Gasteiger partial charge >= 0.3 is 17.1 Å². The van der Waals surface area contributed by atoms with Gasteiger partial charge in [0.2, 0.25) is 0 Å². The third kappa shape index (κ3) is 29.3. The van der Waals surface area contributed by atoms with Crippen molar-refractivity contribution in [2.75, 3.05) is 13.1 Å². The Morgan fingerprint density at radius 2 is 1.14 bits per heavy atom. The van der Waals surface area contributed by atoms with Crippen LogP contribution in [0.4, 0.5) is 0 Å². The molecule has 0 bridgehead atoms. The van der Waals surface area contributed by atoms with Crippen LogP contribution in [0.5, 0.6) is 0 Å². The van der Waals surface area contributed by atoms with E-state index < -0.39 is 15.6 Å². The average molecular weight is 300 g/mol. The summed E-state index contributed by atoms with van der Waals surface area (Å²) in [5.41, 5.74) is 7.08. The van der Waals surface area contributed by atoms with Crippen molar-refractivity contribution in [1.29, 1.82) is 0 Å². The van der Waals surface area contributed by atoms with Crippen molar-refractivity contribution >= 4 is 15.6 Å². The first-order valence-electron chi connectivity index (χ1n) is 2.96. The molecule has 0 rings (SSSR count). The van der Waals surface area contributed by atoms with E-state index in [-0.39, 0.29) is 17.1 Å². The Bertz CT molecular complexity index is 190. The van der Waals surface area contributed by atoms with Crippen LogP contribution in [0.15, 0.2) is 0 Å². The summed E-state index contributed by atoms with van der Waals surface area (Å²) < 4.78 is 21.2. The van der Waals surface area contributed by atoms with Crippen LogP contribution < -0.4 is 31.0 Å². The second-order valence-corrected chi connectivity index (χ2v) is 4.13. The molecule has 1 radical (unpaired) electrons. The van der Waals surface area contributed by atoms with Gasteiger partial charge in [-0.2, -0.15) is 0 Å². The maximum atomic E-state index is 9.32. The van der Waals surface area contributed by atoms with Crippen LogP contribution in [0.1, 0.15) is 0 Å². The molecule has 0 aliphatic heterocycles. The van der Waals surface area contributed by atoms with Crippen molar-refractivity contribution in [2.45, 2.75) is 0 Å². The fourth-order valence-corrected chi connectivity index (χ4v) is 1.10. The summed E-state index contributed by atoms with van der Waals surface area (Å²) in [5, 5.41) is 0. The molecule has 9 nitrogen and oxygen atoms in total. The Kier molecular flexibility index (Phi) is 12.9. The summed E-state index contributed by atoms with van der Waals surface area (Å²) in [6, 6.07) is 0. The van der Waals surface area contributed by atoms with Crippen LogP contribution in [0.3, 0.4) is 0 Å². The number of quaternary nitrogens is 2. The SMILES string of the molecule is O=P([O-])([O-])OP(=O)([O-])[O-].[Cu+2].[NH3+]CC[NH3+]. The summed E-state index contributed by atoms with van der Waals surface area (Å²) >= 11 is 0. The second-order valence-electron chi connectivity index (χ2n) is 1.68. The van der Waals surface area contributed by atoms with E-state index in [4.69, 9.17) is 0 Å². The minimum atomic E-state index is -5.68. The van der Waals surface area contributed by atoms with Gasteiger partial charge in [-0.25, -0.2) is 0 Å². The molecule has 0 spiro atoms. The molecule has 12 heteroatoms. The normalized spacial score (nSPS) is 11.0. The van der Waals surface area contributed by atoms with Crippen LogP contribution >= 0.6 is 15.6 Å². The standard InChI is InChI=1S/C2H8N2.Cu.H4O7P2/c3-1-2-4;;1-8(2,3)7-9(4,5)6/h1-4H2;;(H2,1,2,3)(H2,4,5,6)/q;+2;/p-2. The van der Waals surface area contributed by atoms with Crippen LogP contribution in [0.25, 0.3) is 0 Å². The fraction of sp³-hybridized carbons (Fsp3) is 1.00. The number of hydrogen-bond donors (Lipinski definition) is 2. The van der Waals surface area contributed by atoms with Gasteiger partial charge in [0.1, 0.15) is 13.1 Å². The van der Waals surface area contributed by atoms with Crippen LogP contribution in [0, 0.1) is 0 Å². The van der Waals surface area contributed by atoms with Gasteiger partial charge in [-0.1, -0.05) is 0 Å². The predicted molar refractivity (Wildman–Crippen MR) is 31.8 cm³/mol. The predicted octanol–water partition coefficient (Wildman–Crippen LogP) is -5.87. The van der Waals surface area contributed by atoms with E-state index in [1.165, 1.54) is 0 Å². The van der Waals surface area contributed by atoms with Gasteiger partial charge in [0.15, 0.2) is 0 Å². The van der Waals surface area contributed by atoms with Crippen LogP contribution in [0.2, 0.25) is 0 Å². The molecule has 0 aromatic rings. The van der Waals surface area contributed by atoms with E-state index in [0.717, 1.165) is 13.1 Å². The Balaban J connectivity index is -0.000000209. The Hall–Kier alpha value is 0.699. The van der Waals surface area contributed by atoms with Gasteiger partial charge in [0.05, 0.1) is 15.6 Å². The first kappa shape index (κ1) is 20.2. The zero-order chi connectivity index (χ0) is 11.1. The van der Waals surface area contributed by atoms with E-state index in [1.54, 1.807) is 0 Å². The largest absolute Gasteiger partial charge is 2.00 e. The molecule has 0 saturated carbocycles. The van der Waals surface area contributed by atoms with Gasteiger partial charge < -0.3 is 44.5 Å². The van der Waals surface area contributed by atoms with Crippen molar-refractivity contribution in [3.05, 3.63) is 0 Å². The van der Waals surface area contributed by atoms with Gasteiger partial charge in [-0.3, -0.25) is 0 Å². The maximum Gasteiger partial charge on any atom is 2.00 e. The van der Waals surface area contributed by atoms with Crippen molar-refractivity contribution in [3.63, 3.8) is 0 Å². The van der Waals surface area contributed by atoms with E-state index in [0.29, 0.717) is 0 Å². The van der Waals surface area contributed by atoms with Gasteiger partial charge in [-0.15, -0.1) is 0 Å². The molecule has 0 aliphatic carbocycles. The third-order valence-corrected chi connectivity index (χ3v) is 2.05.